The monoisotopic (exact) mass is 282 g/mol. The zero-order valence-corrected chi connectivity index (χ0v) is 11.7. The molecule has 0 radical (unpaired) electrons. The van der Waals surface area contributed by atoms with Crippen LogP contribution in [0, 0.1) is 11.8 Å². The first-order valence-corrected chi connectivity index (χ1v) is 7.37. The maximum atomic E-state index is 12.3. The number of aliphatic carboxylic acids is 1. The molecule has 0 aliphatic heterocycles. The van der Waals surface area contributed by atoms with Crippen molar-refractivity contribution in [3.05, 3.63) is 16.6 Å². The van der Waals surface area contributed by atoms with E-state index in [1.54, 1.807) is 17.5 Å². The molecule has 0 saturated heterocycles. The quantitative estimate of drug-likeness (QED) is 0.917. The normalized spacial score (nSPS) is 23.0. The highest BCUT2D eigenvalue weighted by Gasteiger charge is 2.32. The lowest BCUT2D eigenvalue weighted by atomic mass is 9.81. The van der Waals surface area contributed by atoms with Crippen molar-refractivity contribution in [2.24, 2.45) is 11.8 Å². The molecule has 1 fully saturated rings. The number of carboxylic acid groups (broad SMARTS) is 1. The van der Waals surface area contributed by atoms with Crippen LogP contribution in [0.15, 0.2) is 10.9 Å². The van der Waals surface area contributed by atoms with E-state index in [2.05, 4.69) is 4.98 Å². The number of hydrogen-bond donors (Lipinski definition) is 1. The number of carbonyl (C=O) groups is 2. The highest BCUT2D eigenvalue weighted by atomic mass is 32.1. The van der Waals surface area contributed by atoms with Gasteiger partial charge in [0.1, 0.15) is 0 Å². The average molecular weight is 282 g/mol. The Morgan fingerprint density at radius 3 is 2.84 bits per heavy atom. The van der Waals surface area contributed by atoms with Gasteiger partial charge in [0.05, 0.1) is 23.7 Å². The fourth-order valence-corrected chi connectivity index (χ4v) is 3.14. The van der Waals surface area contributed by atoms with Crippen LogP contribution in [0.4, 0.5) is 0 Å². The van der Waals surface area contributed by atoms with Crippen LogP contribution in [0.3, 0.4) is 0 Å². The zero-order valence-electron chi connectivity index (χ0n) is 10.9. The predicted octanol–water partition coefficient (Wildman–Crippen LogP) is 1.99. The average Bonchev–Trinajstić information content (AvgIpc) is 2.90. The van der Waals surface area contributed by atoms with Gasteiger partial charge >= 0.3 is 5.97 Å². The second-order valence-electron chi connectivity index (χ2n) is 5.07. The Bertz CT molecular complexity index is 447. The maximum Gasteiger partial charge on any atom is 0.306 e. The molecule has 0 aromatic carbocycles. The molecule has 2 atom stereocenters. The first-order chi connectivity index (χ1) is 9.08. The molecule has 1 heterocycles. The third-order valence-electron chi connectivity index (χ3n) is 3.63. The molecule has 6 heteroatoms. The number of carbonyl (C=O) groups excluding carboxylic acids is 1. The molecule has 104 valence electrons. The van der Waals surface area contributed by atoms with E-state index in [0.717, 1.165) is 18.5 Å². The number of thiazole rings is 1. The molecule has 1 aromatic rings. The largest absolute Gasteiger partial charge is 0.481 e. The van der Waals surface area contributed by atoms with Gasteiger partial charge in [0.15, 0.2) is 0 Å². The van der Waals surface area contributed by atoms with Crippen molar-refractivity contribution < 1.29 is 14.7 Å². The van der Waals surface area contributed by atoms with Crippen molar-refractivity contribution in [3.8, 4) is 0 Å². The summed E-state index contributed by atoms with van der Waals surface area (Å²) in [5.74, 6) is -1.26. The smallest absolute Gasteiger partial charge is 0.306 e. The van der Waals surface area contributed by atoms with Crippen molar-refractivity contribution in [3.63, 3.8) is 0 Å². The molecule has 0 unspecified atom stereocenters. The Kier molecular flexibility index (Phi) is 4.52. The highest BCUT2D eigenvalue weighted by molar-refractivity contribution is 7.07. The van der Waals surface area contributed by atoms with Crippen LogP contribution in [0.2, 0.25) is 0 Å². The molecular weight excluding hydrogens is 264 g/mol. The van der Waals surface area contributed by atoms with E-state index >= 15 is 0 Å². The van der Waals surface area contributed by atoms with E-state index in [9.17, 15) is 9.59 Å². The third kappa shape index (κ3) is 3.53. The van der Waals surface area contributed by atoms with Gasteiger partial charge in [-0.15, -0.1) is 11.3 Å². The van der Waals surface area contributed by atoms with Gasteiger partial charge in [0.25, 0.3) is 0 Å². The minimum atomic E-state index is -0.778. The van der Waals surface area contributed by atoms with E-state index in [1.165, 1.54) is 11.3 Å². The van der Waals surface area contributed by atoms with Gasteiger partial charge in [0.2, 0.25) is 5.91 Å². The summed E-state index contributed by atoms with van der Waals surface area (Å²) in [6.45, 7) is 0.497. The van der Waals surface area contributed by atoms with Crippen molar-refractivity contribution >= 4 is 23.2 Å². The zero-order chi connectivity index (χ0) is 13.8. The van der Waals surface area contributed by atoms with Gasteiger partial charge < -0.3 is 10.0 Å². The van der Waals surface area contributed by atoms with Crippen molar-refractivity contribution in [2.45, 2.75) is 32.2 Å². The summed E-state index contributed by atoms with van der Waals surface area (Å²) in [7, 11) is 1.76. The van der Waals surface area contributed by atoms with Gasteiger partial charge in [-0.05, 0) is 19.3 Å². The highest BCUT2D eigenvalue weighted by Crippen LogP contribution is 2.30. The van der Waals surface area contributed by atoms with Crippen LogP contribution in [-0.2, 0) is 16.1 Å². The maximum absolute atomic E-state index is 12.3. The molecule has 1 aliphatic rings. The lowest BCUT2D eigenvalue weighted by Gasteiger charge is -2.29. The molecule has 1 N–H and O–H groups in total. The van der Waals surface area contributed by atoms with Crippen LogP contribution in [0.25, 0.3) is 0 Å². The Hall–Kier alpha value is -1.43. The minimum absolute atomic E-state index is 0.0407. The van der Waals surface area contributed by atoms with Crippen molar-refractivity contribution in [1.29, 1.82) is 0 Å². The van der Waals surface area contributed by atoms with Gasteiger partial charge in [-0.25, -0.2) is 4.98 Å². The Morgan fingerprint density at radius 1 is 1.47 bits per heavy atom. The second kappa shape index (κ2) is 6.14. The molecule has 1 aromatic heterocycles. The summed E-state index contributed by atoms with van der Waals surface area (Å²) in [6, 6.07) is 0. The summed E-state index contributed by atoms with van der Waals surface area (Å²) in [5, 5.41) is 11.0. The summed E-state index contributed by atoms with van der Waals surface area (Å²) in [6.07, 6.45) is 2.77. The third-order valence-corrected chi connectivity index (χ3v) is 4.27. The molecule has 19 heavy (non-hydrogen) atoms. The SMILES string of the molecule is CN(Cc1cscn1)C(=O)[C@H]1CCC[C@@H](C(=O)O)C1. The van der Waals surface area contributed by atoms with Crippen LogP contribution in [0.5, 0.6) is 0 Å². The summed E-state index contributed by atoms with van der Waals surface area (Å²) in [4.78, 5) is 29.1. The number of aromatic nitrogens is 1. The van der Waals surface area contributed by atoms with Crippen LogP contribution in [-0.4, -0.2) is 33.9 Å². The molecular formula is C13H18N2O3S. The molecule has 1 saturated carbocycles. The molecule has 0 bridgehead atoms. The van der Waals surface area contributed by atoms with Crippen LogP contribution in [0.1, 0.15) is 31.4 Å². The Balaban J connectivity index is 1.93. The lowest BCUT2D eigenvalue weighted by molar-refractivity contribution is -0.145. The fraction of sp³-hybridized carbons (Fsp3) is 0.615. The van der Waals surface area contributed by atoms with Gasteiger partial charge in [-0.3, -0.25) is 9.59 Å². The summed E-state index contributed by atoms with van der Waals surface area (Å²) >= 11 is 1.51. The van der Waals surface area contributed by atoms with E-state index in [-0.39, 0.29) is 17.7 Å². The van der Waals surface area contributed by atoms with Gasteiger partial charge in [-0.1, -0.05) is 6.42 Å². The van der Waals surface area contributed by atoms with E-state index < -0.39 is 5.97 Å². The predicted molar refractivity (Wildman–Crippen MR) is 71.7 cm³/mol. The van der Waals surface area contributed by atoms with Crippen molar-refractivity contribution in [2.75, 3.05) is 7.05 Å². The number of hydrogen-bond acceptors (Lipinski definition) is 4. The van der Waals surface area contributed by atoms with Gasteiger partial charge in [0, 0.05) is 18.3 Å². The molecule has 0 spiro atoms. The Labute approximate surface area is 116 Å². The van der Waals surface area contributed by atoms with E-state index in [1.807, 2.05) is 5.38 Å². The topological polar surface area (TPSA) is 70.5 Å². The molecule has 1 aliphatic carbocycles. The molecule has 5 nitrogen and oxygen atoms in total. The van der Waals surface area contributed by atoms with Crippen LogP contribution >= 0.6 is 11.3 Å². The first-order valence-electron chi connectivity index (χ1n) is 6.42. The van der Waals surface area contributed by atoms with Crippen molar-refractivity contribution in [1.82, 2.24) is 9.88 Å². The Morgan fingerprint density at radius 2 is 2.21 bits per heavy atom. The number of rotatable bonds is 4. The first kappa shape index (κ1) is 14.0. The minimum Gasteiger partial charge on any atom is -0.481 e. The summed E-state index contributed by atoms with van der Waals surface area (Å²) in [5.41, 5.74) is 2.63. The van der Waals surface area contributed by atoms with Gasteiger partial charge in [-0.2, -0.15) is 0 Å². The lowest BCUT2D eigenvalue weighted by Crippen LogP contribution is -2.36. The standard InChI is InChI=1S/C13H18N2O3S/c1-15(6-11-7-19-8-14-11)12(16)9-3-2-4-10(5-9)13(17)18/h7-10H,2-6H2,1H3,(H,17,18)/t9-,10+/m0/s1. The number of carboxylic acids is 1. The second-order valence-corrected chi connectivity index (χ2v) is 5.79. The number of nitrogens with zero attached hydrogens (tertiary/aromatic N) is 2. The molecule has 2 rings (SSSR count). The van der Waals surface area contributed by atoms with E-state index in [0.29, 0.717) is 19.4 Å². The summed E-state index contributed by atoms with van der Waals surface area (Å²) < 4.78 is 0. The van der Waals surface area contributed by atoms with Crippen LogP contribution < -0.4 is 0 Å². The number of amides is 1. The molecule has 1 amide bonds. The van der Waals surface area contributed by atoms with E-state index in [4.69, 9.17) is 5.11 Å². The fourth-order valence-electron chi connectivity index (χ4n) is 2.59.